The van der Waals surface area contributed by atoms with E-state index >= 15 is 0 Å². The number of rotatable bonds is 7. The van der Waals surface area contributed by atoms with Gasteiger partial charge in [0, 0.05) is 41.3 Å². The van der Waals surface area contributed by atoms with E-state index in [1.807, 2.05) is 12.1 Å². The minimum Gasteiger partial charge on any atom is -0.497 e. The van der Waals surface area contributed by atoms with E-state index in [-0.39, 0.29) is 5.41 Å². The summed E-state index contributed by atoms with van der Waals surface area (Å²) in [5, 5.41) is 21.7. The lowest BCUT2D eigenvalue weighted by Gasteiger charge is -2.23. The molecule has 0 radical (unpaired) electrons. The number of nitrogens with one attached hydrogen (secondary N) is 3. The fraction of sp³-hybridized carbons (Fsp3) is 0.233. The van der Waals surface area contributed by atoms with Crippen LogP contribution in [0.15, 0.2) is 61.2 Å². The molecule has 0 bridgehead atoms. The third kappa shape index (κ3) is 5.44. The van der Waals surface area contributed by atoms with Gasteiger partial charge in [-0.15, -0.1) is 0 Å². The highest BCUT2D eigenvalue weighted by atomic mass is 19.1. The van der Waals surface area contributed by atoms with Crippen molar-refractivity contribution >= 4 is 27.9 Å². The summed E-state index contributed by atoms with van der Waals surface area (Å²) in [7, 11) is 1.50. The van der Waals surface area contributed by atoms with E-state index in [2.05, 4.69) is 56.2 Å². The number of imidazole rings is 1. The number of aliphatic hydroxyl groups is 1. The average Bonchev–Trinajstić information content (AvgIpc) is 3.55. The minimum atomic E-state index is -0.701. The second-order valence-corrected chi connectivity index (χ2v) is 11.1. The van der Waals surface area contributed by atoms with Gasteiger partial charge in [-0.25, -0.2) is 19.3 Å². The largest absolute Gasteiger partial charge is 0.497 e. The number of pyridine rings is 3. The van der Waals surface area contributed by atoms with Crippen molar-refractivity contribution < 1.29 is 14.2 Å². The first kappa shape index (κ1) is 26.3. The number of nitrogens with zero attached hydrogens (tertiary/aromatic N) is 5. The van der Waals surface area contributed by atoms with Crippen LogP contribution in [0.2, 0.25) is 0 Å². The zero-order valence-corrected chi connectivity index (χ0v) is 23.0. The summed E-state index contributed by atoms with van der Waals surface area (Å²) >= 11 is 0. The third-order valence-corrected chi connectivity index (χ3v) is 6.67. The standard InChI is InChI=1S/C30H29FN8O2/c1-30(2,3)12-24(40)35-20-8-17(13-32-15-20)18-10-23-26(38-39-27(23)34-14-18)29-36-25-22(5-6-33-28(25)37-29)16-7-19(31)11-21(9-16)41-4/h5-11,13-15,24,35,40H,12H2,1-4H3,(H,33,36,37)(H,34,38,39). The fourth-order valence-corrected chi connectivity index (χ4v) is 4.84. The molecule has 6 aromatic rings. The zero-order valence-electron chi connectivity index (χ0n) is 23.0. The molecule has 1 atom stereocenters. The normalized spacial score (nSPS) is 12.6. The number of fused-ring (bicyclic) bond motifs is 2. The molecule has 41 heavy (non-hydrogen) atoms. The summed E-state index contributed by atoms with van der Waals surface area (Å²) in [4.78, 5) is 21.3. The number of halogens is 1. The van der Waals surface area contributed by atoms with E-state index in [4.69, 9.17) is 9.72 Å². The number of hydrogen-bond acceptors (Lipinski definition) is 8. The predicted octanol–water partition coefficient (Wildman–Crippen LogP) is 5.94. The van der Waals surface area contributed by atoms with E-state index in [1.165, 1.54) is 19.2 Å². The van der Waals surface area contributed by atoms with Crippen LogP contribution in [0.3, 0.4) is 0 Å². The number of benzene rings is 1. The Bertz CT molecular complexity index is 1870. The van der Waals surface area contributed by atoms with Crippen molar-refractivity contribution in [2.75, 3.05) is 12.4 Å². The summed E-state index contributed by atoms with van der Waals surface area (Å²) in [5.74, 6) is 0.531. The Kier molecular flexibility index (Phi) is 6.58. The number of ether oxygens (including phenoxy) is 1. The Morgan fingerprint density at radius 1 is 1.00 bits per heavy atom. The minimum absolute atomic E-state index is 0.0266. The van der Waals surface area contributed by atoms with Crippen molar-refractivity contribution in [2.24, 2.45) is 5.41 Å². The molecule has 1 unspecified atom stereocenters. The van der Waals surface area contributed by atoms with Crippen molar-refractivity contribution in [3.63, 3.8) is 0 Å². The van der Waals surface area contributed by atoms with Gasteiger partial charge in [0.15, 0.2) is 17.1 Å². The monoisotopic (exact) mass is 552 g/mol. The molecule has 1 aromatic carbocycles. The van der Waals surface area contributed by atoms with Crippen LogP contribution in [0, 0.1) is 11.2 Å². The molecule has 0 fully saturated rings. The van der Waals surface area contributed by atoms with Crippen molar-refractivity contribution in [1.82, 2.24) is 35.1 Å². The summed E-state index contributed by atoms with van der Waals surface area (Å²) in [6.07, 6.45) is 6.68. The van der Waals surface area contributed by atoms with Gasteiger partial charge in [0.05, 0.1) is 29.9 Å². The van der Waals surface area contributed by atoms with Gasteiger partial charge in [0.2, 0.25) is 0 Å². The van der Waals surface area contributed by atoms with Crippen LogP contribution in [0.25, 0.3) is 56.0 Å². The first-order chi connectivity index (χ1) is 19.7. The second-order valence-electron chi connectivity index (χ2n) is 11.1. The molecule has 0 aliphatic rings. The summed E-state index contributed by atoms with van der Waals surface area (Å²) < 4.78 is 19.5. The molecular weight excluding hydrogens is 523 g/mol. The van der Waals surface area contributed by atoms with Crippen LogP contribution in [0.1, 0.15) is 27.2 Å². The Hall–Kier alpha value is -4.90. The number of anilines is 1. The van der Waals surface area contributed by atoms with Gasteiger partial charge in [-0.05, 0) is 47.7 Å². The van der Waals surface area contributed by atoms with E-state index in [0.29, 0.717) is 51.8 Å². The van der Waals surface area contributed by atoms with E-state index in [0.717, 1.165) is 22.1 Å². The Morgan fingerprint density at radius 3 is 2.63 bits per heavy atom. The lowest BCUT2D eigenvalue weighted by atomic mass is 9.91. The van der Waals surface area contributed by atoms with Gasteiger partial charge < -0.3 is 20.1 Å². The molecule has 6 rings (SSSR count). The van der Waals surface area contributed by atoms with Crippen LogP contribution in [-0.4, -0.2) is 53.6 Å². The summed E-state index contributed by atoms with van der Waals surface area (Å²) in [6, 6.07) is 10.2. The maximum Gasteiger partial charge on any atom is 0.181 e. The Balaban J connectivity index is 1.37. The quantitative estimate of drug-likeness (QED) is 0.179. The lowest BCUT2D eigenvalue weighted by molar-refractivity contribution is 0.145. The van der Waals surface area contributed by atoms with Gasteiger partial charge >= 0.3 is 0 Å². The van der Waals surface area contributed by atoms with E-state index < -0.39 is 12.0 Å². The molecule has 0 spiro atoms. The van der Waals surface area contributed by atoms with Crippen LogP contribution in [0.4, 0.5) is 10.1 Å². The highest BCUT2D eigenvalue weighted by Gasteiger charge is 2.19. The number of hydrogen-bond donors (Lipinski definition) is 4. The molecule has 4 N–H and O–H groups in total. The second kappa shape index (κ2) is 10.3. The predicted molar refractivity (Wildman–Crippen MR) is 156 cm³/mol. The Morgan fingerprint density at radius 2 is 1.83 bits per heavy atom. The third-order valence-electron chi connectivity index (χ3n) is 6.67. The average molecular weight is 553 g/mol. The maximum absolute atomic E-state index is 14.3. The molecule has 11 heteroatoms. The molecule has 208 valence electrons. The SMILES string of the molecule is COc1cc(F)cc(-c2ccnc3nc(-c4[nH]nc5ncc(-c6cncc(NC(O)CC(C)(C)C)c6)cc45)[nH]c23)c1. The molecule has 0 saturated heterocycles. The van der Waals surface area contributed by atoms with Crippen LogP contribution < -0.4 is 10.1 Å². The number of aliphatic hydroxyl groups excluding tert-OH is 1. The molecule has 10 nitrogen and oxygen atoms in total. The van der Waals surface area contributed by atoms with Gasteiger partial charge in [-0.2, -0.15) is 5.10 Å². The number of H-pyrrole nitrogens is 2. The Labute approximate surface area is 235 Å². The number of methoxy groups -OCH3 is 1. The topological polar surface area (TPSA) is 138 Å². The molecule has 0 aliphatic carbocycles. The first-order valence-corrected chi connectivity index (χ1v) is 13.1. The smallest absolute Gasteiger partial charge is 0.181 e. The molecule has 0 amide bonds. The molecule has 0 saturated carbocycles. The summed E-state index contributed by atoms with van der Waals surface area (Å²) in [6.45, 7) is 6.23. The van der Waals surface area contributed by atoms with Crippen LogP contribution in [-0.2, 0) is 0 Å². The highest BCUT2D eigenvalue weighted by molar-refractivity contribution is 5.96. The highest BCUT2D eigenvalue weighted by Crippen LogP contribution is 2.33. The summed E-state index contributed by atoms with van der Waals surface area (Å²) in [5.41, 5.74) is 5.99. The van der Waals surface area contributed by atoms with Gasteiger partial charge in [-0.1, -0.05) is 20.8 Å². The molecule has 5 aromatic heterocycles. The van der Waals surface area contributed by atoms with Crippen molar-refractivity contribution in [2.45, 2.75) is 33.4 Å². The van der Waals surface area contributed by atoms with E-state index in [9.17, 15) is 9.50 Å². The van der Waals surface area contributed by atoms with Gasteiger partial charge in [-0.3, -0.25) is 10.1 Å². The molecule has 5 heterocycles. The van der Waals surface area contributed by atoms with Crippen molar-refractivity contribution in [3.05, 3.63) is 67.0 Å². The van der Waals surface area contributed by atoms with Crippen molar-refractivity contribution in [3.8, 4) is 39.5 Å². The molecular formula is C30H29FN8O2. The lowest BCUT2D eigenvalue weighted by Crippen LogP contribution is -2.25. The maximum atomic E-state index is 14.3. The van der Waals surface area contributed by atoms with Crippen LogP contribution in [0.5, 0.6) is 5.75 Å². The molecule has 0 aliphatic heterocycles. The van der Waals surface area contributed by atoms with Crippen molar-refractivity contribution in [1.29, 1.82) is 0 Å². The first-order valence-electron chi connectivity index (χ1n) is 13.1. The van der Waals surface area contributed by atoms with E-state index in [1.54, 1.807) is 36.9 Å². The van der Waals surface area contributed by atoms with Gasteiger partial charge in [0.25, 0.3) is 0 Å². The fourth-order valence-electron chi connectivity index (χ4n) is 4.84. The van der Waals surface area contributed by atoms with Crippen LogP contribution >= 0.6 is 0 Å². The zero-order chi connectivity index (χ0) is 28.7. The van der Waals surface area contributed by atoms with Gasteiger partial charge in [0.1, 0.15) is 23.5 Å². The number of aromatic amines is 2. The number of aromatic nitrogens is 7.